The van der Waals surface area contributed by atoms with Crippen LogP contribution in [-0.2, 0) is 0 Å². The fourth-order valence-electron chi connectivity index (χ4n) is 0.775. The molecule has 0 heterocycles. The first kappa shape index (κ1) is 13.8. The number of rotatable bonds is 3. The van der Waals surface area contributed by atoms with Crippen molar-refractivity contribution in [2.24, 2.45) is 0 Å². The highest BCUT2D eigenvalue weighted by Crippen LogP contribution is 2.08. The third kappa shape index (κ3) is 7.33. The Hall–Kier alpha value is -0.780. The standard InChI is InChI=1S/C10H16.C2H6/c1-5-7-9(3)10(4)8-6-2;1-2/h5,7-8H,1,6H2,2-4H3;1-2H3/b9-7-,10-8-;. The van der Waals surface area contributed by atoms with E-state index in [-0.39, 0.29) is 0 Å². The topological polar surface area (TPSA) is 0 Å². The van der Waals surface area contributed by atoms with Crippen molar-refractivity contribution in [1.29, 1.82) is 0 Å². The summed E-state index contributed by atoms with van der Waals surface area (Å²) in [5.74, 6) is 0. The highest BCUT2D eigenvalue weighted by molar-refractivity contribution is 5.29. The zero-order chi connectivity index (χ0) is 9.98. The molecule has 0 aromatic rings. The average molecular weight is 166 g/mol. The molecule has 12 heavy (non-hydrogen) atoms. The lowest BCUT2D eigenvalue weighted by Crippen LogP contribution is -1.77. The van der Waals surface area contributed by atoms with Crippen LogP contribution in [0.25, 0.3) is 0 Å². The summed E-state index contributed by atoms with van der Waals surface area (Å²) < 4.78 is 0. The van der Waals surface area contributed by atoms with Gasteiger partial charge >= 0.3 is 0 Å². The third-order valence-corrected chi connectivity index (χ3v) is 1.50. The first-order valence-corrected chi connectivity index (χ1v) is 4.68. The molecule has 0 heteroatoms. The molecule has 0 saturated heterocycles. The zero-order valence-electron chi connectivity index (χ0n) is 9.15. The van der Waals surface area contributed by atoms with Gasteiger partial charge in [-0.3, -0.25) is 0 Å². The van der Waals surface area contributed by atoms with E-state index in [0.29, 0.717) is 0 Å². The van der Waals surface area contributed by atoms with Crippen LogP contribution in [0.1, 0.15) is 41.0 Å². The molecule has 0 aromatic carbocycles. The Labute approximate surface area is 77.7 Å². The zero-order valence-corrected chi connectivity index (χ0v) is 9.15. The molecule has 0 aliphatic carbocycles. The number of allylic oxidation sites excluding steroid dienone is 5. The Kier molecular flexibility index (Phi) is 11.7. The van der Waals surface area contributed by atoms with E-state index in [1.165, 1.54) is 11.1 Å². The number of hydrogen-bond donors (Lipinski definition) is 0. The van der Waals surface area contributed by atoms with Gasteiger partial charge in [-0.1, -0.05) is 51.2 Å². The van der Waals surface area contributed by atoms with Gasteiger partial charge in [-0.2, -0.15) is 0 Å². The van der Waals surface area contributed by atoms with E-state index in [1.54, 1.807) is 0 Å². The summed E-state index contributed by atoms with van der Waals surface area (Å²) in [6.45, 7) is 14.0. The van der Waals surface area contributed by atoms with Crippen LogP contribution in [0.2, 0.25) is 0 Å². The van der Waals surface area contributed by atoms with Crippen LogP contribution in [0.5, 0.6) is 0 Å². The van der Waals surface area contributed by atoms with E-state index in [1.807, 2.05) is 26.0 Å². The van der Waals surface area contributed by atoms with Crippen molar-refractivity contribution < 1.29 is 0 Å². The SMILES string of the molecule is C=C/C=C(C)\C(C)=C/CC.CC. The molecular weight excluding hydrogens is 144 g/mol. The van der Waals surface area contributed by atoms with Gasteiger partial charge in [0, 0.05) is 0 Å². The molecule has 0 spiro atoms. The minimum atomic E-state index is 1.11. The van der Waals surface area contributed by atoms with Crippen molar-refractivity contribution in [2.45, 2.75) is 41.0 Å². The van der Waals surface area contributed by atoms with Crippen LogP contribution < -0.4 is 0 Å². The van der Waals surface area contributed by atoms with Gasteiger partial charge in [0.05, 0.1) is 0 Å². The van der Waals surface area contributed by atoms with Crippen LogP contribution >= 0.6 is 0 Å². The summed E-state index contributed by atoms with van der Waals surface area (Å²) >= 11 is 0. The van der Waals surface area contributed by atoms with Crippen LogP contribution in [0.4, 0.5) is 0 Å². The Bertz CT molecular complexity index is 159. The Balaban J connectivity index is 0. The Morgan fingerprint density at radius 2 is 1.67 bits per heavy atom. The molecule has 0 rings (SSSR count). The van der Waals surface area contributed by atoms with E-state index in [9.17, 15) is 0 Å². The van der Waals surface area contributed by atoms with Gasteiger partial charge in [0.15, 0.2) is 0 Å². The van der Waals surface area contributed by atoms with Crippen molar-refractivity contribution in [2.75, 3.05) is 0 Å². The lowest BCUT2D eigenvalue weighted by Gasteiger charge is -1.97. The first-order chi connectivity index (χ1) is 5.72. The molecule has 0 atom stereocenters. The van der Waals surface area contributed by atoms with Gasteiger partial charge in [0.1, 0.15) is 0 Å². The lowest BCUT2D eigenvalue weighted by molar-refractivity contribution is 1.17. The second-order valence-corrected chi connectivity index (χ2v) is 2.38. The van der Waals surface area contributed by atoms with Crippen LogP contribution in [0, 0.1) is 0 Å². The lowest BCUT2D eigenvalue weighted by atomic mass is 10.1. The second-order valence-electron chi connectivity index (χ2n) is 2.38. The van der Waals surface area contributed by atoms with Crippen molar-refractivity contribution >= 4 is 0 Å². The van der Waals surface area contributed by atoms with Crippen molar-refractivity contribution in [3.05, 3.63) is 36.0 Å². The molecule has 0 unspecified atom stereocenters. The van der Waals surface area contributed by atoms with Crippen LogP contribution in [0.3, 0.4) is 0 Å². The summed E-state index contributed by atoms with van der Waals surface area (Å²) in [6.07, 6.45) is 7.17. The summed E-state index contributed by atoms with van der Waals surface area (Å²) in [4.78, 5) is 0. The molecule has 0 amide bonds. The van der Waals surface area contributed by atoms with Gasteiger partial charge < -0.3 is 0 Å². The monoisotopic (exact) mass is 166 g/mol. The molecule has 0 aliphatic heterocycles. The van der Waals surface area contributed by atoms with Gasteiger partial charge in [-0.25, -0.2) is 0 Å². The summed E-state index contributed by atoms with van der Waals surface area (Å²) in [5.41, 5.74) is 2.65. The average Bonchev–Trinajstić information content (AvgIpc) is 2.09. The van der Waals surface area contributed by atoms with E-state index in [2.05, 4.69) is 33.4 Å². The molecule has 0 nitrogen and oxygen atoms in total. The number of hydrogen-bond acceptors (Lipinski definition) is 0. The van der Waals surface area contributed by atoms with E-state index in [0.717, 1.165) is 6.42 Å². The summed E-state index contributed by atoms with van der Waals surface area (Å²) in [6, 6.07) is 0. The molecule has 0 aromatic heterocycles. The normalized spacial score (nSPS) is 11.8. The van der Waals surface area contributed by atoms with E-state index >= 15 is 0 Å². The highest BCUT2D eigenvalue weighted by atomic mass is 13.9. The molecule has 0 bridgehead atoms. The second kappa shape index (κ2) is 10.2. The molecular formula is C12H22. The largest absolute Gasteiger partial charge is 0.0991 e. The van der Waals surface area contributed by atoms with Crippen molar-refractivity contribution in [3.8, 4) is 0 Å². The van der Waals surface area contributed by atoms with E-state index < -0.39 is 0 Å². The smallest absolute Gasteiger partial charge is 0.0373 e. The minimum absolute atomic E-state index is 1.11. The molecule has 0 aliphatic rings. The Morgan fingerprint density at radius 1 is 1.17 bits per heavy atom. The summed E-state index contributed by atoms with van der Waals surface area (Å²) in [7, 11) is 0. The van der Waals surface area contributed by atoms with Gasteiger partial charge in [0.25, 0.3) is 0 Å². The quantitative estimate of drug-likeness (QED) is 0.541. The molecule has 0 N–H and O–H groups in total. The highest BCUT2D eigenvalue weighted by Gasteiger charge is 1.87. The Morgan fingerprint density at radius 3 is 2.00 bits per heavy atom. The van der Waals surface area contributed by atoms with E-state index in [4.69, 9.17) is 0 Å². The molecule has 0 fully saturated rings. The maximum atomic E-state index is 3.64. The predicted octanol–water partition coefficient (Wildman–Crippen LogP) is 4.50. The predicted molar refractivity (Wildman–Crippen MR) is 59.4 cm³/mol. The maximum absolute atomic E-state index is 3.64. The minimum Gasteiger partial charge on any atom is -0.0991 e. The molecule has 0 radical (unpaired) electrons. The van der Waals surface area contributed by atoms with Crippen molar-refractivity contribution in [3.63, 3.8) is 0 Å². The van der Waals surface area contributed by atoms with Gasteiger partial charge in [-0.15, -0.1) is 0 Å². The van der Waals surface area contributed by atoms with Crippen molar-refractivity contribution in [1.82, 2.24) is 0 Å². The van der Waals surface area contributed by atoms with Gasteiger partial charge in [0.2, 0.25) is 0 Å². The fourth-order valence-corrected chi connectivity index (χ4v) is 0.775. The molecule has 70 valence electrons. The molecule has 0 saturated carbocycles. The first-order valence-electron chi connectivity index (χ1n) is 4.68. The van der Waals surface area contributed by atoms with Gasteiger partial charge in [-0.05, 0) is 25.8 Å². The summed E-state index contributed by atoms with van der Waals surface area (Å²) in [5, 5.41) is 0. The van der Waals surface area contributed by atoms with Crippen LogP contribution in [0.15, 0.2) is 36.0 Å². The fraction of sp³-hybridized carbons (Fsp3) is 0.500. The maximum Gasteiger partial charge on any atom is -0.0373 e. The third-order valence-electron chi connectivity index (χ3n) is 1.50. The van der Waals surface area contributed by atoms with Crippen LogP contribution in [-0.4, -0.2) is 0 Å².